The van der Waals surface area contributed by atoms with Crippen LogP contribution in [0.5, 0.6) is 0 Å². The van der Waals surface area contributed by atoms with Gasteiger partial charge in [-0.2, -0.15) is 0 Å². The first kappa shape index (κ1) is 17.5. The van der Waals surface area contributed by atoms with Crippen LogP contribution in [0.25, 0.3) is 0 Å². The zero-order valence-corrected chi connectivity index (χ0v) is 17.0. The third kappa shape index (κ3) is 2.20. The molecule has 4 aliphatic rings. The third-order valence-corrected chi connectivity index (χ3v) is 9.57. The fourth-order valence-corrected chi connectivity index (χ4v) is 7.75. The van der Waals surface area contributed by atoms with Gasteiger partial charge in [0.15, 0.2) is 5.78 Å². The molecule has 4 aliphatic carbocycles. The van der Waals surface area contributed by atoms with E-state index in [0.29, 0.717) is 16.7 Å². The van der Waals surface area contributed by atoms with Gasteiger partial charge in [-0.25, -0.2) is 0 Å². The van der Waals surface area contributed by atoms with Crippen molar-refractivity contribution in [1.29, 1.82) is 0 Å². The molecule has 1 unspecified atom stereocenters. The van der Waals surface area contributed by atoms with Crippen LogP contribution in [0.15, 0.2) is 54.1 Å². The molecule has 6 atom stereocenters. The molecule has 0 aromatic heterocycles. The van der Waals surface area contributed by atoms with E-state index in [1.54, 1.807) is 5.56 Å². The van der Waals surface area contributed by atoms with Crippen LogP contribution in [0.2, 0.25) is 0 Å². The summed E-state index contributed by atoms with van der Waals surface area (Å²) in [6.45, 7) is 7.55. The predicted octanol–water partition coefficient (Wildman–Crippen LogP) is 6.25. The van der Waals surface area contributed by atoms with Crippen molar-refractivity contribution in [2.45, 2.75) is 64.7 Å². The van der Waals surface area contributed by atoms with Gasteiger partial charge in [-0.15, -0.1) is 0 Å². The van der Waals surface area contributed by atoms with E-state index in [1.165, 1.54) is 37.7 Å². The van der Waals surface area contributed by atoms with Gasteiger partial charge in [0.25, 0.3) is 0 Å². The van der Waals surface area contributed by atoms with Crippen molar-refractivity contribution in [2.75, 3.05) is 0 Å². The molecule has 27 heavy (non-hydrogen) atoms. The number of ketones is 1. The highest BCUT2D eigenvalue weighted by Gasteiger charge is 2.62. The molecule has 3 fully saturated rings. The van der Waals surface area contributed by atoms with E-state index in [1.807, 2.05) is 12.2 Å². The summed E-state index contributed by atoms with van der Waals surface area (Å²) in [5.41, 5.74) is 3.74. The van der Waals surface area contributed by atoms with Crippen molar-refractivity contribution in [2.24, 2.45) is 28.6 Å². The van der Waals surface area contributed by atoms with Crippen molar-refractivity contribution >= 4 is 5.78 Å². The van der Waals surface area contributed by atoms with Crippen LogP contribution in [-0.2, 0) is 10.2 Å². The van der Waals surface area contributed by atoms with E-state index >= 15 is 0 Å². The van der Waals surface area contributed by atoms with E-state index < -0.39 is 0 Å². The average Bonchev–Trinajstić information content (AvgIpc) is 2.95. The summed E-state index contributed by atoms with van der Waals surface area (Å²) < 4.78 is 0. The number of rotatable bonds is 1. The van der Waals surface area contributed by atoms with Crippen LogP contribution in [0.4, 0.5) is 0 Å². The fraction of sp³-hybridized carbons (Fsp3) is 0.577. The second kappa shape index (κ2) is 5.69. The van der Waals surface area contributed by atoms with Gasteiger partial charge in [0, 0.05) is 5.41 Å². The minimum atomic E-state index is 0.115. The number of hydrogen-bond donors (Lipinski definition) is 0. The highest BCUT2D eigenvalue weighted by atomic mass is 16.1. The standard InChI is InChI=1S/C26H32O/c1-24-14-11-20(27)17-19(24)9-10-21-22(24)12-16-26(3)23(21)13-15-25(26,2)18-7-5-4-6-8-18/h4-8,11,14,17,21-23H,9-10,12-13,15-16H2,1-3H3/t21?,22-,23-,24-,25+,26-/m0/s1. The SMILES string of the molecule is C[C@]12C=CC(=O)C=C1CCC1[C@@H]2CC[C@@]2(C)[C@H]1CC[C@]2(C)c1ccccc1. The Kier molecular flexibility index (Phi) is 3.68. The predicted molar refractivity (Wildman–Crippen MR) is 110 cm³/mol. The molecule has 0 bridgehead atoms. The van der Waals surface area contributed by atoms with Gasteiger partial charge in [0.05, 0.1) is 0 Å². The van der Waals surface area contributed by atoms with Gasteiger partial charge >= 0.3 is 0 Å². The Balaban J connectivity index is 1.52. The zero-order valence-electron chi connectivity index (χ0n) is 17.0. The quantitative estimate of drug-likeness (QED) is 0.578. The molecule has 1 aromatic rings. The first-order valence-corrected chi connectivity index (χ1v) is 10.9. The van der Waals surface area contributed by atoms with Crippen LogP contribution >= 0.6 is 0 Å². The van der Waals surface area contributed by atoms with Gasteiger partial charge in [-0.3, -0.25) is 4.79 Å². The Morgan fingerprint density at radius 2 is 1.67 bits per heavy atom. The maximum absolute atomic E-state index is 11.9. The first-order chi connectivity index (χ1) is 12.9. The molecule has 1 nitrogen and oxygen atoms in total. The highest BCUT2D eigenvalue weighted by Crippen LogP contribution is 2.69. The molecule has 0 N–H and O–H groups in total. The molecular formula is C26H32O. The molecule has 0 spiro atoms. The minimum absolute atomic E-state index is 0.115. The minimum Gasteiger partial charge on any atom is -0.290 e. The number of allylic oxidation sites excluding steroid dienone is 4. The molecule has 0 radical (unpaired) electrons. The summed E-state index contributed by atoms with van der Waals surface area (Å²) in [4.78, 5) is 11.9. The van der Waals surface area contributed by atoms with Crippen LogP contribution in [0.1, 0.15) is 64.9 Å². The highest BCUT2D eigenvalue weighted by molar-refractivity contribution is 6.01. The summed E-state index contributed by atoms with van der Waals surface area (Å²) >= 11 is 0. The van der Waals surface area contributed by atoms with Gasteiger partial charge in [0.1, 0.15) is 0 Å². The van der Waals surface area contributed by atoms with Crippen LogP contribution in [0.3, 0.4) is 0 Å². The molecule has 1 aromatic carbocycles. The molecule has 0 aliphatic heterocycles. The molecule has 1 heteroatoms. The first-order valence-electron chi connectivity index (χ1n) is 10.9. The van der Waals surface area contributed by atoms with Crippen LogP contribution in [0, 0.1) is 28.6 Å². The topological polar surface area (TPSA) is 17.1 Å². The second-order valence-corrected chi connectivity index (χ2v) is 10.3. The molecule has 3 saturated carbocycles. The smallest absolute Gasteiger partial charge is 0.178 e. The lowest BCUT2D eigenvalue weighted by Gasteiger charge is -2.59. The van der Waals surface area contributed by atoms with Gasteiger partial charge in [-0.1, -0.05) is 62.8 Å². The number of benzene rings is 1. The van der Waals surface area contributed by atoms with Gasteiger partial charge < -0.3 is 0 Å². The van der Waals surface area contributed by atoms with E-state index in [9.17, 15) is 4.79 Å². The second-order valence-electron chi connectivity index (χ2n) is 10.3. The molecule has 0 heterocycles. The summed E-state index contributed by atoms with van der Waals surface area (Å²) in [6, 6.07) is 11.3. The fourth-order valence-electron chi connectivity index (χ4n) is 7.75. The van der Waals surface area contributed by atoms with Crippen molar-refractivity contribution < 1.29 is 4.79 Å². The molecule has 5 rings (SSSR count). The molecule has 0 saturated heterocycles. The van der Waals surface area contributed by atoms with E-state index in [0.717, 1.165) is 18.3 Å². The maximum Gasteiger partial charge on any atom is 0.178 e. The molecular weight excluding hydrogens is 328 g/mol. The molecule has 0 amide bonds. The Morgan fingerprint density at radius 1 is 0.926 bits per heavy atom. The Labute approximate surface area is 163 Å². The molecule has 142 valence electrons. The Bertz CT molecular complexity index is 833. The largest absolute Gasteiger partial charge is 0.290 e. The summed E-state index contributed by atoms with van der Waals surface area (Å²) in [5, 5.41) is 0. The van der Waals surface area contributed by atoms with E-state index in [4.69, 9.17) is 0 Å². The summed E-state index contributed by atoms with van der Waals surface area (Å²) in [5.74, 6) is 2.51. The van der Waals surface area contributed by atoms with E-state index in [-0.39, 0.29) is 11.2 Å². The van der Waals surface area contributed by atoms with Gasteiger partial charge in [0.2, 0.25) is 0 Å². The van der Waals surface area contributed by atoms with Crippen molar-refractivity contribution in [3.8, 4) is 0 Å². The lowest BCUT2D eigenvalue weighted by molar-refractivity contribution is -0.111. The number of carbonyl (C=O) groups is 1. The van der Waals surface area contributed by atoms with Crippen LogP contribution in [-0.4, -0.2) is 5.78 Å². The van der Waals surface area contributed by atoms with Crippen molar-refractivity contribution in [1.82, 2.24) is 0 Å². The number of fused-ring (bicyclic) bond motifs is 5. The lowest BCUT2D eigenvalue weighted by Crippen LogP contribution is -2.52. The average molecular weight is 361 g/mol. The normalized spacial score (nSPS) is 45.7. The van der Waals surface area contributed by atoms with Crippen molar-refractivity contribution in [3.05, 3.63) is 59.7 Å². The zero-order chi connectivity index (χ0) is 18.9. The Hall–Kier alpha value is -1.63. The van der Waals surface area contributed by atoms with E-state index in [2.05, 4.69) is 57.2 Å². The summed E-state index contributed by atoms with van der Waals surface area (Å²) in [6.07, 6.45) is 13.7. The van der Waals surface area contributed by atoms with Gasteiger partial charge in [-0.05, 0) is 84.8 Å². The Morgan fingerprint density at radius 3 is 2.44 bits per heavy atom. The maximum atomic E-state index is 11.9. The van der Waals surface area contributed by atoms with Crippen molar-refractivity contribution in [3.63, 3.8) is 0 Å². The third-order valence-electron chi connectivity index (χ3n) is 9.57. The number of hydrogen-bond acceptors (Lipinski definition) is 1. The lowest BCUT2D eigenvalue weighted by atomic mass is 9.45. The van der Waals surface area contributed by atoms with Crippen LogP contribution < -0.4 is 0 Å². The monoisotopic (exact) mass is 360 g/mol. The number of carbonyl (C=O) groups excluding carboxylic acids is 1. The summed E-state index contributed by atoms with van der Waals surface area (Å²) in [7, 11) is 0.